The molecule has 1 aromatic rings. The SMILES string of the molecule is CCCN(C(=O)c1cncc(C#CCN)c1)C1CC1. The molecule has 1 fully saturated rings. The largest absolute Gasteiger partial charge is 0.336 e. The zero-order valence-corrected chi connectivity index (χ0v) is 11.2. The Morgan fingerprint density at radius 3 is 2.95 bits per heavy atom. The maximum absolute atomic E-state index is 12.5. The molecule has 2 rings (SSSR count). The molecule has 1 amide bonds. The number of rotatable bonds is 4. The summed E-state index contributed by atoms with van der Waals surface area (Å²) < 4.78 is 0. The van der Waals surface area contributed by atoms with Crippen LogP contribution in [0.2, 0.25) is 0 Å². The molecule has 0 radical (unpaired) electrons. The number of carbonyl (C=O) groups is 1. The van der Waals surface area contributed by atoms with Crippen molar-refractivity contribution in [3.63, 3.8) is 0 Å². The van der Waals surface area contributed by atoms with Gasteiger partial charge in [0.1, 0.15) is 0 Å². The summed E-state index contributed by atoms with van der Waals surface area (Å²) in [5.41, 5.74) is 6.70. The average molecular weight is 257 g/mol. The first-order valence-electron chi connectivity index (χ1n) is 6.71. The minimum absolute atomic E-state index is 0.0632. The quantitative estimate of drug-likeness (QED) is 0.830. The van der Waals surface area contributed by atoms with Gasteiger partial charge in [0.15, 0.2) is 0 Å². The Bertz CT molecular complexity index is 512. The van der Waals surface area contributed by atoms with Crippen LogP contribution in [0.25, 0.3) is 0 Å². The lowest BCUT2D eigenvalue weighted by Gasteiger charge is -2.21. The second-order valence-corrected chi connectivity index (χ2v) is 4.70. The number of aromatic nitrogens is 1. The molecule has 19 heavy (non-hydrogen) atoms. The molecule has 1 aliphatic carbocycles. The third-order valence-corrected chi connectivity index (χ3v) is 3.03. The van der Waals surface area contributed by atoms with Crippen LogP contribution >= 0.6 is 0 Å². The van der Waals surface area contributed by atoms with Crippen LogP contribution in [0.1, 0.15) is 42.1 Å². The van der Waals surface area contributed by atoms with Gasteiger partial charge in [-0.25, -0.2) is 0 Å². The monoisotopic (exact) mass is 257 g/mol. The van der Waals surface area contributed by atoms with Gasteiger partial charge in [0.05, 0.1) is 12.1 Å². The Hall–Kier alpha value is -1.86. The first-order chi connectivity index (χ1) is 9.26. The highest BCUT2D eigenvalue weighted by atomic mass is 16.2. The maximum atomic E-state index is 12.5. The number of amides is 1. The second kappa shape index (κ2) is 6.35. The molecule has 0 saturated heterocycles. The van der Waals surface area contributed by atoms with Crippen molar-refractivity contribution >= 4 is 5.91 Å². The zero-order chi connectivity index (χ0) is 13.7. The van der Waals surface area contributed by atoms with Gasteiger partial charge in [-0.15, -0.1) is 0 Å². The third-order valence-electron chi connectivity index (χ3n) is 3.03. The van der Waals surface area contributed by atoms with Gasteiger partial charge in [-0.3, -0.25) is 9.78 Å². The molecule has 0 spiro atoms. The maximum Gasteiger partial charge on any atom is 0.255 e. The third kappa shape index (κ3) is 3.55. The lowest BCUT2D eigenvalue weighted by Crippen LogP contribution is -2.33. The Balaban J connectivity index is 2.17. The number of hydrogen-bond acceptors (Lipinski definition) is 3. The molecule has 100 valence electrons. The predicted octanol–water partition coefficient (Wildman–Crippen LogP) is 1.41. The normalized spacial score (nSPS) is 13.6. The molecule has 4 heteroatoms. The summed E-state index contributed by atoms with van der Waals surface area (Å²) in [5, 5.41) is 0. The van der Waals surface area contributed by atoms with Gasteiger partial charge in [-0.2, -0.15) is 0 Å². The van der Waals surface area contributed by atoms with Crippen LogP contribution in [0.15, 0.2) is 18.5 Å². The molecule has 1 aliphatic rings. The highest BCUT2D eigenvalue weighted by Gasteiger charge is 2.32. The van der Waals surface area contributed by atoms with Crippen LogP contribution in [0.5, 0.6) is 0 Å². The van der Waals surface area contributed by atoms with Gasteiger partial charge in [0, 0.05) is 30.5 Å². The number of carbonyl (C=O) groups excluding carboxylic acids is 1. The van der Waals surface area contributed by atoms with Crippen LogP contribution in [-0.2, 0) is 0 Å². The van der Waals surface area contributed by atoms with Gasteiger partial charge < -0.3 is 10.6 Å². The fourth-order valence-corrected chi connectivity index (χ4v) is 2.02. The van der Waals surface area contributed by atoms with Crippen molar-refractivity contribution in [3.05, 3.63) is 29.6 Å². The van der Waals surface area contributed by atoms with Gasteiger partial charge >= 0.3 is 0 Å². The molecule has 0 bridgehead atoms. The van der Waals surface area contributed by atoms with Crippen LogP contribution in [0.4, 0.5) is 0 Å². The highest BCUT2D eigenvalue weighted by Crippen LogP contribution is 2.28. The molecule has 0 unspecified atom stereocenters. The zero-order valence-electron chi connectivity index (χ0n) is 11.2. The summed E-state index contributed by atoms with van der Waals surface area (Å²) in [6.07, 6.45) is 6.47. The summed E-state index contributed by atoms with van der Waals surface area (Å²) in [5.74, 6) is 5.74. The van der Waals surface area contributed by atoms with E-state index >= 15 is 0 Å². The lowest BCUT2D eigenvalue weighted by atomic mass is 10.2. The molecule has 0 aliphatic heterocycles. The van der Waals surface area contributed by atoms with Gasteiger partial charge in [0.25, 0.3) is 5.91 Å². The standard InChI is InChI=1S/C15H19N3O/c1-2-8-18(14-5-6-14)15(19)13-9-12(4-3-7-16)10-17-11-13/h9-11,14H,2,5-8,16H2,1H3. The van der Waals surface area contributed by atoms with Crippen molar-refractivity contribution in [3.8, 4) is 11.8 Å². The minimum Gasteiger partial charge on any atom is -0.336 e. The van der Waals surface area contributed by atoms with Crippen LogP contribution in [0.3, 0.4) is 0 Å². The number of nitrogens with two attached hydrogens (primary N) is 1. The van der Waals surface area contributed by atoms with Crippen molar-refractivity contribution in [1.29, 1.82) is 0 Å². The van der Waals surface area contributed by atoms with Gasteiger partial charge in [-0.05, 0) is 25.3 Å². The van der Waals surface area contributed by atoms with E-state index in [9.17, 15) is 4.79 Å². The molecule has 2 N–H and O–H groups in total. The summed E-state index contributed by atoms with van der Waals surface area (Å²) in [6, 6.07) is 2.22. The summed E-state index contributed by atoms with van der Waals surface area (Å²) in [7, 11) is 0. The molecule has 1 saturated carbocycles. The minimum atomic E-state index is 0.0632. The summed E-state index contributed by atoms with van der Waals surface area (Å²) in [6.45, 7) is 3.20. The molecule has 1 aromatic heterocycles. The Morgan fingerprint density at radius 1 is 1.53 bits per heavy atom. The second-order valence-electron chi connectivity index (χ2n) is 4.70. The van der Waals surface area contributed by atoms with E-state index in [1.807, 2.05) is 4.90 Å². The smallest absolute Gasteiger partial charge is 0.255 e. The molecular weight excluding hydrogens is 238 g/mol. The van der Waals surface area contributed by atoms with E-state index in [0.29, 0.717) is 18.2 Å². The summed E-state index contributed by atoms with van der Waals surface area (Å²) in [4.78, 5) is 18.5. The number of pyridine rings is 1. The van der Waals surface area contributed by atoms with Gasteiger partial charge in [-0.1, -0.05) is 18.8 Å². The molecule has 0 aromatic carbocycles. The summed E-state index contributed by atoms with van der Waals surface area (Å²) >= 11 is 0. The van der Waals surface area contributed by atoms with E-state index in [2.05, 4.69) is 23.7 Å². The van der Waals surface area contributed by atoms with E-state index in [1.165, 1.54) is 0 Å². The van der Waals surface area contributed by atoms with Crippen molar-refractivity contribution in [2.24, 2.45) is 5.73 Å². The van der Waals surface area contributed by atoms with E-state index < -0.39 is 0 Å². The topological polar surface area (TPSA) is 59.2 Å². The first kappa shape index (κ1) is 13.6. The molecule has 1 heterocycles. The van der Waals surface area contributed by atoms with Crippen molar-refractivity contribution < 1.29 is 4.79 Å². The van der Waals surface area contributed by atoms with Crippen molar-refractivity contribution in [2.45, 2.75) is 32.2 Å². The Labute approximate surface area is 114 Å². The highest BCUT2D eigenvalue weighted by molar-refractivity contribution is 5.94. The predicted molar refractivity (Wildman–Crippen MR) is 74.5 cm³/mol. The van der Waals surface area contributed by atoms with E-state index in [4.69, 9.17) is 5.73 Å². The fourth-order valence-electron chi connectivity index (χ4n) is 2.02. The average Bonchev–Trinajstić information content (AvgIpc) is 3.26. The lowest BCUT2D eigenvalue weighted by molar-refractivity contribution is 0.0742. The van der Waals surface area contributed by atoms with E-state index in [-0.39, 0.29) is 5.91 Å². The number of hydrogen-bond donors (Lipinski definition) is 1. The van der Waals surface area contributed by atoms with Crippen LogP contribution < -0.4 is 5.73 Å². The van der Waals surface area contributed by atoms with Crippen LogP contribution in [-0.4, -0.2) is 34.9 Å². The van der Waals surface area contributed by atoms with Crippen LogP contribution in [0, 0.1) is 11.8 Å². The molecular formula is C15H19N3O. The fraction of sp³-hybridized carbons (Fsp3) is 0.467. The van der Waals surface area contributed by atoms with Gasteiger partial charge in [0.2, 0.25) is 0 Å². The molecule has 0 atom stereocenters. The Kier molecular flexibility index (Phi) is 4.53. The van der Waals surface area contributed by atoms with Crippen molar-refractivity contribution in [2.75, 3.05) is 13.1 Å². The molecule has 4 nitrogen and oxygen atoms in total. The first-order valence-corrected chi connectivity index (χ1v) is 6.71. The number of nitrogens with zero attached hydrogens (tertiary/aromatic N) is 2. The van der Waals surface area contributed by atoms with E-state index in [0.717, 1.165) is 31.4 Å². The van der Waals surface area contributed by atoms with E-state index in [1.54, 1.807) is 18.5 Å². The Morgan fingerprint density at radius 2 is 2.32 bits per heavy atom. The van der Waals surface area contributed by atoms with Crippen molar-refractivity contribution in [1.82, 2.24) is 9.88 Å².